The van der Waals surface area contributed by atoms with Crippen molar-refractivity contribution in [3.05, 3.63) is 23.9 Å². The fourth-order valence-corrected chi connectivity index (χ4v) is 1.24. The molecule has 0 unspecified atom stereocenters. The lowest BCUT2D eigenvalue weighted by atomic mass is 10.1. The van der Waals surface area contributed by atoms with E-state index in [0.29, 0.717) is 0 Å². The predicted molar refractivity (Wildman–Crippen MR) is 48.6 cm³/mol. The molecule has 0 aliphatic carbocycles. The molecule has 0 aliphatic heterocycles. The van der Waals surface area contributed by atoms with Gasteiger partial charge in [0.1, 0.15) is 0 Å². The van der Waals surface area contributed by atoms with E-state index in [2.05, 4.69) is 4.98 Å². The molecule has 0 saturated heterocycles. The van der Waals surface area contributed by atoms with Gasteiger partial charge in [0.2, 0.25) is 0 Å². The van der Waals surface area contributed by atoms with Gasteiger partial charge in [-0.25, -0.2) is 4.98 Å². The zero-order valence-electron chi connectivity index (χ0n) is 6.74. The maximum absolute atomic E-state index is 5.70. The molecule has 0 aliphatic rings. The summed E-state index contributed by atoms with van der Waals surface area (Å²) in [6.07, 6.45) is 3.80. The minimum absolute atomic E-state index is 0.101. The van der Waals surface area contributed by atoms with E-state index < -0.39 is 0 Å². The third kappa shape index (κ3) is 2.20. The number of nitrogens with two attached hydrogens (primary N) is 1. The molecule has 0 saturated carbocycles. The van der Waals surface area contributed by atoms with Crippen molar-refractivity contribution in [3.8, 4) is 0 Å². The van der Waals surface area contributed by atoms with Gasteiger partial charge in [-0.15, -0.1) is 11.8 Å². The first-order valence-corrected chi connectivity index (χ1v) is 4.72. The lowest BCUT2D eigenvalue weighted by Gasteiger charge is -2.05. The summed E-state index contributed by atoms with van der Waals surface area (Å²) in [5.74, 6) is 0. The third-order valence-electron chi connectivity index (χ3n) is 1.49. The van der Waals surface area contributed by atoms with Crippen molar-refractivity contribution in [2.75, 3.05) is 6.26 Å². The largest absolute Gasteiger partial charge is 0.324 e. The maximum atomic E-state index is 5.70. The topological polar surface area (TPSA) is 38.9 Å². The summed E-state index contributed by atoms with van der Waals surface area (Å²) in [6.45, 7) is 1.97. The van der Waals surface area contributed by atoms with Crippen LogP contribution in [0, 0.1) is 0 Å². The molecule has 2 nitrogen and oxygen atoms in total. The number of hydrogen-bond acceptors (Lipinski definition) is 3. The average Bonchev–Trinajstić information content (AvgIpc) is 2.05. The Bertz CT molecular complexity index is 235. The predicted octanol–water partition coefficient (Wildman–Crippen LogP) is 1.82. The number of pyridine rings is 1. The van der Waals surface area contributed by atoms with Crippen molar-refractivity contribution in [3.63, 3.8) is 0 Å². The van der Waals surface area contributed by atoms with Gasteiger partial charge in [-0.05, 0) is 30.9 Å². The molecule has 1 aromatic heterocycles. The van der Waals surface area contributed by atoms with Crippen molar-refractivity contribution < 1.29 is 0 Å². The van der Waals surface area contributed by atoms with Gasteiger partial charge in [0.15, 0.2) is 0 Å². The Hall–Kier alpha value is -0.540. The zero-order valence-corrected chi connectivity index (χ0v) is 7.56. The van der Waals surface area contributed by atoms with Crippen LogP contribution >= 0.6 is 11.8 Å². The first-order chi connectivity index (χ1) is 5.24. The van der Waals surface area contributed by atoms with Gasteiger partial charge in [0, 0.05) is 12.2 Å². The minimum atomic E-state index is 0.101. The Kier molecular flexibility index (Phi) is 2.91. The van der Waals surface area contributed by atoms with Gasteiger partial charge in [-0.1, -0.05) is 0 Å². The van der Waals surface area contributed by atoms with E-state index in [4.69, 9.17) is 5.73 Å². The lowest BCUT2D eigenvalue weighted by molar-refractivity contribution is 0.808. The highest BCUT2D eigenvalue weighted by Crippen LogP contribution is 2.15. The molecule has 60 valence electrons. The molecular weight excluding hydrogens is 156 g/mol. The second-order valence-corrected chi connectivity index (χ2v) is 3.25. The van der Waals surface area contributed by atoms with Crippen LogP contribution in [-0.4, -0.2) is 11.2 Å². The summed E-state index contributed by atoms with van der Waals surface area (Å²) in [5.41, 5.74) is 6.84. The van der Waals surface area contributed by atoms with Crippen molar-refractivity contribution in [2.45, 2.75) is 18.0 Å². The first kappa shape index (κ1) is 8.56. The second kappa shape index (κ2) is 3.74. The highest BCUT2D eigenvalue weighted by atomic mass is 32.2. The number of nitrogens with zero attached hydrogens (tertiary/aromatic N) is 1. The van der Waals surface area contributed by atoms with Gasteiger partial charge in [0.05, 0.1) is 5.03 Å². The summed E-state index contributed by atoms with van der Waals surface area (Å²) in [7, 11) is 0. The monoisotopic (exact) mass is 168 g/mol. The smallest absolute Gasteiger partial charge is 0.0960 e. The van der Waals surface area contributed by atoms with E-state index in [1.165, 1.54) is 0 Å². The first-order valence-electron chi connectivity index (χ1n) is 3.49. The molecule has 1 aromatic rings. The number of thioether (sulfide) groups is 1. The van der Waals surface area contributed by atoms with Gasteiger partial charge >= 0.3 is 0 Å². The third-order valence-corrected chi connectivity index (χ3v) is 2.14. The number of aromatic nitrogens is 1. The highest BCUT2D eigenvalue weighted by Gasteiger charge is 1.99. The van der Waals surface area contributed by atoms with Crippen LogP contribution < -0.4 is 5.73 Å². The summed E-state index contributed by atoms with van der Waals surface area (Å²) in [6, 6.07) is 4.07. The Morgan fingerprint density at radius 3 is 2.91 bits per heavy atom. The van der Waals surface area contributed by atoms with Crippen molar-refractivity contribution in [1.82, 2.24) is 4.98 Å². The van der Waals surface area contributed by atoms with Crippen LogP contribution in [-0.2, 0) is 0 Å². The summed E-state index contributed by atoms with van der Waals surface area (Å²) in [5, 5.41) is 1.03. The van der Waals surface area contributed by atoms with E-state index in [1.807, 2.05) is 25.3 Å². The molecule has 0 fully saturated rings. The van der Waals surface area contributed by atoms with E-state index in [0.717, 1.165) is 10.6 Å². The second-order valence-electron chi connectivity index (χ2n) is 2.42. The Balaban J connectivity index is 2.91. The van der Waals surface area contributed by atoms with Crippen molar-refractivity contribution >= 4 is 11.8 Å². The van der Waals surface area contributed by atoms with E-state index >= 15 is 0 Å². The molecule has 0 aromatic carbocycles. The van der Waals surface area contributed by atoms with E-state index in [1.54, 1.807) is 18.0 Å². The lowest BCUT2D eigenvalue weighted by Crippen LogP contribution is -2.04. The van der Waals surface area contributed by atoms with Gasteiger partial charge in [0.25, 0.3) is 0 Å². The van der Waals surface area contributed by atoms with Gasteiger partial charge < -0.3 is 5.73 Å². The molecule has 2 N–H and O–H groups in total. The molecule has 1 atom stereocenters. The normalized spacial score (nSPS) is 13.0. The van der Waals surface area contributed by atoms with Crippen LogP contribution in [0.2, 0.25) is 0 Å². The minimum Gasteiger partial charge on any atom is -0.324 e. The van der Waals surface area contributed by atoms with Gasteiger partial charge in [-0.2, -0.15) is 0 Å². The SMILES string of the molecule is CSc1cc([C@H](C)N)ccn1. The van der Waals surface area contributed by atoms with Crippen LogP contribution in [0.25, 0.3) is 0 Å². The average molecular weight is 168 g/mol. The molecule has 0 radical (unpaired) electrons. The van der Waals surface area contributed by atoms with Crippen LogP contribution in [0.5, 0.6) is 0 Å². The van der Waals surface area contributed by atoms with E-state index in [-0.39, 0.29) is 6.04 Å². The molecule has 0 amide bonds. The zero-order chi connectivity index (χ0) is 8.27. The summed E-state index contributed by atoms with van der Waals surface area (Å²) < 4.78 is 0. The standard InChI is InChI=1S/C8H12N2S/c1-6(9)7-3-4-10-8(5-7)11-2/h3-6H,9H2,1-2H3/t6-/m0/s1. The van der Waals surface area contributed by atoms with Crippen molar-refractivity contribution in [1.29, 1.82) is 0 Å². The van der Waals surface area contributed by atoms with Gasteiger partial charge in [-0.3, -0.25) is 0 Å². The van der Waals surface area contributed by atoms with Crippen LogP contribution in [0.3, 0.4) is 0 Å². The fourth-order valence-electron chi connectivity index (χ4n) is 0.820. The number of hydrogen-bond donors (Lipinski definition) is 1. The maximum Gasteiger partial charge on any atom is 0.0960 e. The molecule has 11 heavy (non-hydrogen) atoms. The highest BCUT2D eigenvalue weighted by molar-refractivity contribution is 7.98. The molecule has 0 bridgehead atoms. The fraction of sp³-hybridized carbons (Fsp3) is 0.375. The summed E-state index contributed by atoms with van der Waals surface area (Å²) in [4.78, 5) is 4.15. The molecular formula is C8H12N2S. The Labute approximate surface area is 71.2 Å². The van der Waals surface area contributed by atoms with E-state index in [9.17, 15) is 0 Å². The van der Waals surface area contributed by atoms with Crippen LogP contribution in [0.15, 0.2) is 23.4 Å². The molecule has 1 rings (SSSR count). The Morgan fingerprint density at radius 2 is 2.36 bits per heavy atom. The number of rotatable bonds is 2. The van der Waals surface area contributed by atoms with Crippen LogP contribution in [0.4, 0.5) is 0 Å². The molecule has 3 heteroatoms. The van der Waals surface area contributed by atoms with Crippen LogP contribution in [0.1, 0.15) is 18.5 Å². The Morgan fingerprint density at radius 1 is 1.64 bits per heavy atom. The quantitative estimate of drug-likeness (QED) is 0.685. The molecule has 1 heterocycles. The molecule has 0 spiro atoms. The summed E-state index contributed by atoms with van der Waals surface area (Å²) >= 11 is 1.63. The van der Waals surface area contributed by atoms with Crippen molar-refractivity contribution in [2.24, 2.45) is 5.73 Å².